The van der Waals surface area contributed by atoms with Crippen LogP contribution in [0.1, 0.15) is 39.0 Å². The summed E-state index contributed by atoms with van der Waals surface area (Å²) in [4.78, 5) is 0. The average molecular weight is 178 g/mol. The molecule has 0 radical (unpaired) electrons. The van der Waals surface area contributed by atoms with Gasteiger partial charge in [0.2, 0.25) is 0 Å². The first kappa shape index (κ1) is 9.01. The number of allylic oxidation sites excluding steroid dienone is 2. The van der Waals surface area contributed by atoms with Gasteiger partial charge >= 0.3 is 0 Å². The van der Waals surface area contributed by atoms with Crippen LogP contribution >= 0.6 is 0 Å². The van der Waals surface area contributed by atoms with E-state index in [1.165, 1.54) is 31.3 Å². The molecule has 1 heteroatoms. The van der Waals surface area contributed by atoms with Gasteiger partial charge in [0.05, 0.1) is 5.60 Å². The summed E-state index contributed by atoms with van der Waals surface area (Å²) in [5, 5.41) is 0. The first-order chi connectivity index (χ1) is 6.37. The molecule has 0 aromatic carbocycles. The summed E-state index contributed by atoms with van der Waals surface area (Å²) >= 11 is 0. The second kappa shape index (κ2) is 3.67. The topological polar surface area (TPSA) is 9.23 Å². The van der Waals surface area contributed by atoms with E-state index >= 15 is 0 Å². The van der Waals surface area contributed by atoms with Gasteiger partial charge in [-0.2, -0.15) is 0 Å². The standard InChI is InChI=1S/C12H18O/c1-2-10-13-12(8-9-12)11-6-4-3-5-7-11/h4,6-7H,2-3,5,8-10H2,1H3. The Morgan fingerprint density at radius 2 is 2.23 bits per heavy atom. The van der Waals surface area contributed by atoms with Crippen molar-refractivity contribution in [3.8, 4) is 0 Å². The maximum atomic E-state index is 5.91. The zero-order valence-electron chi connectivity index (χ0n) is 8.38. The van der Waals surface area contributed by atoms with E-state index < -0.39 is 0 Å². The molecule has 1 saturated carbocycles. The van der Waals surface area contributed by atoms with E-state index in [2.05, 4.69) is 25.2 Å². The van der Waals surface area contributed by atoms with Crippen LogP contribution in [0.25, 0.3) is 0 Å². The van der Waals surface area contributed by atoms with Crippen molar-refractivity contribution in [2.75, 3.05) is 6.61 Å². The molecule has 0 aliphatic heterocycles. The van der Waals surface area contributed by atoms with Crippen molar-refractivity contribution in [3.05, 3.63) is 23.8 Å². The van der Waals surface area contributed by atoms with Crippen molar-refractivity contribution in [2.45, 2.75) is 44.6 Å². The van der Waals surface area contributed by atoms with Gasteiger partial charge in [0.15, 0.2) is 0 Å². The SMILES string of the molecule is CCCOC1(C2=CCCC=C2)CC1. The quantitative estimate of drug-likeness (QED) is 0.642. The van der Waals surface area contributed by atoms with Gasteiger partial charge in [-0.15, -0.1) is 0 Å². The molecule has 2 rings (SSSR count). The maximum absolute atomic E-state index is 5.91. The number of ether oxygens (including phenoxy) is 1. The van der Waals surface area contributed by atoms with E-state index in [4.69, 9.17) is 4.74 Å². The van der Waals surface area contributed by atoms with Crippen LogP contribution < -0.4 is 0 Å². The second-order valence-electron chi connectivity index (χ2n) is 3.98. The van der Waals surface area contributed by atoms with Gasteiger partial charge in [-0.05, 0) is 37.7 Å². The van der Waals surface area contributed by atoms with E-state index in [9.17, 15) is 0 Å². The third-order valence-electron chi connectivity index (χ3n) is 2.81. The zero-order valence-corrected chi connectivity index (χ0v) is 8.38. The molecule has 0 aromatic heterocycles. The summed E-state index contributed by atoms with van der Waals surface area (Å²) in [5.41, 5.74) is 1.58. The summed E-state index contributed by atoms with van der Waals surface area (Å²) in [5.74, 6) is 0. The molecule has 2 aliphatic rings. The maximum Gasteiger partial charge on any atom is 0.0930 e. The second-order valence-corrected chi connectivity index (χ2v) is 3.98. The van der Waals surface area contributed by atoms with E-state index in [1.807, 2.05) is 0 Å². The summed E-state index contributed by atoms with van der Waals surface area (Å²) < 4.78 is 5.91. The Labute approximate surface area is 80.5 Å². The molecule has 0 heterocycles. The largest absolute Gasteiger partial charge is 0.370 e. The van der Waals surface area contributed by atoms with E-state index in [1.54, 1.807) is 0 Å². The first-order valence-corrected chi connectivity index (χ1v) is 5.38. The van der Waals surface area contributed by atoms with Crippen molar-refractivity contribution in [2.24, 2.45) is 0 Å². The third-order valence-corrected chi connectivity index (χ3v) is 2.81. The molecule has 0 unspecified atom stereocenters. The molecule has 72 valence electrons. The minimum Gasteiger partial charge on any atom is -0.370 e. The van der Waals surface area contributed by atoms with Gasteiger partial charge in [0.25, 0.3) is 0 Å². The van der Waals surface area contributed by atoms with Crippen LogP contribution in [-0.4, -0.2) is 12.2 Å². The lowest BCUT2D eigenvalue weighted by molar-refractivity contribution is 0.0612. The Bertz CT molecular complexity index is 234. The van der Waals surface area contributed by atoms with Gasteiger partial charge < -0.3 is 4.74 Å². The molecule has 13 heavy (non-hydrogen) atoms. The molecule has 0 atom stereocenters. The lowest BCUT2D eigenvalue weighted by atomic mass is 10.0. The fourth-order valence-electron chi connectivity index (χ4n) is 1.88. The van der Waals surface area contributed by atoms with Crippen molar-refractivity contribution in [1.82, 2.24) is 0 Å². The molecule has 1 nitrogen and oxygen atoms in total. The highest BCUT2D eigenvalue weighted by atomic mass is 16.5. The average Bonchev–Trinajstić information content (AvgIpc) is 2.97. The highest BCUT2D eigenvalue weighted by Gasteiger charge is 2.46. The number of hydrogen-bond donors (Lipinski definition) is 0. The summed E-state index contributed by atoms with van der Waals surface area (Å²) in [6.07, 6.45) is 12.8. The smallest absolute Gasteiger partial charge is 0.0930 e. The van der Waals surface area contributed by atoms with Gasteiger partial charge in [-0.3, -0.25) is 0 Å². The summed E-state index contributed by atoms with van der Waals surface area (Å²) in [6.45, 7) is 3.08. The Morgan fingerprint density at radius 1 is 1.38 bits per heavy atom. The Hall–Kier alpha value is -0.560. The van der Waals surface area contributed by atoms with Gasteiger partial charge in [-0.1, -0.05) is 25.2 Å². The molecule has 0 saturated heterocycles. The van der Waals surface area contributed by atoms with Crippen molar-refractivity contribution in [3.63, 3.8) is 0 Å². The van der Waals surface area contributed by atoms with Crippen LogP contribution in [0.15, 0.2) is 23.8 Å². The number of rotatable bonds is 4. The van der Waals surface area contributed by atoms with Gasteiger partial charge in [-0.25, -0.2) is 0 Å². The fraction of sp³-hybridized carbons (Fsp3) is 0.667. The fourth-order valence-corrected chi connectivity index (χ4v) is 1.88. The Balaban J connectivity index is 1.98. The van der Waals surface area contributed by atoms with Crippen LogP contribution in [0, 0.1) is 0 Å². The Kier molecular flexibility index (Phi) is 2.54. The Morgan fingerprint density at radius 3 is 2.77 bits per heavy atom. The molecule has 0 bridgehead atoms. The minimum atomic E-state index is 0.146. The zero-order chi connectivity index (χ0) is 9.15. The van der Waals surface area contributed by atoms with Crippen molar-refractivity contribution < 1.29 is 4.74 Å². The van der Waals surface area contributed by atoms with Crippen molar-refractivity contribution in [1.29, 1.82) is 0 Å². The lowest BCUT2D eigenvalue weighted by Gasteiger charge is -2.19. The third kappa shape index (κ3) is 1.86. The monoisotopic (exact) mass is 178 g/mol. The number of hydrogen-bond acceptors (Lipinski definition) is 1. The predicted octanol–water partition coefficient (Wildman–Crippen LogP) is 3.22. The van der Waals surface area contributed by atoms with Crippen LogP contribution in [0.3, 0.4) is 0 Å². The molecule has 2 aliphatic carbocycles. The first-order valence-electron chi connectivity index (χ1n) is 5.38. The molecule has 0 spiro atoms. The van der Waals surface area contributed by atoms with Crippen LogP contribution in [0.4, 0.5) is 0 Å². The highest BCUT2D eigenvalue weighted by molar-refractivity contribution is 5.36. The molecular weight excluding hydrogens is 160 g/mol. The summed E-state index contributed by atoms with van der Waals surface area (Å²) in [6, 6.07) is 0. The molecular formula is C12H18O. The van der Waals surface area contributed by atoms with Crippen molar-refractivity contribution >= 4 is 0 Å². The van der Waals surface area contributed by atoms with Gasteiger partial charge in [0.1, 0.15) is 0 Å². The van der Waals surface area contributed by atoms with Crippen LogP contribution in [0.5, 0.6) is 0 Å². The normalized spacial score (nSPS) is 24.2. The molecule has 0 aromatic rings. The molecule has 0 amide bonds. The van der Waals surface area contributed by atoms with E-state index in [-0.39, 0.29) is 5.60 Å². The van der Waals surface area contributed by atoms with Gasteiger partial charge in [0, 0.05) is 6.61 Å². The van der Waals surface area contributed by atoms with E-state index in [0.29, 0.717) is 0 Å². The molecule has 1 fully saturated rings. The van der Waals surface area contributed by atoms with Crippen LogP contribution in [-0.2, 0) is 4.74 Å². The molecule has 0 N–H and O–H groups in total. The predicted molar refractivity (Wildman–Crippen MR) is 54.7 cm³/mol. The van der Waals surface area contributed by atoms with Crippen LogP contribution in [0.2, 0.25) is 0 Å². The lowest BCUT2D eigenvalue weighted by Crippen LogP contribution is -2.17. The summed E-state index contributed by atoms with van der Waals surface area (Å²) in [7, 11) is 0. The highest BCUT2D eigenvalue weighted by Crippen LogP contribution is 2.47. The minimum absolute atomic E-state index is 0.146. The van der Waals surface area contributed by atoms with E-state index in [0.717, 1.165) is 13.0 Å².